The Bertz CT molecular complexity index is 384. The average molecular weight is 235 g/mol. The molecule has 1 aromatic carbocycles. The molecule has 0 spiro atoms. The summed E-state index contributed by atoms with van der Waals surface area (Å²) in [5.74, 6) is 0.596. The number of amidine groups is 1. The van der Waals surface area contributed by atoms with E-state index in [9.17, 15) is 0 Å². The molecule has 4 heteroatoms. The number of hydrogen-bond acceptors (Lipinski definition) is 3. The largest absolute Gasteiger partial charge is 0.354 e. The molecule has 1 aromatic rings. The highest BCUT2D eigenvalue weighted by Gasteiger charge is 2.18. The van der Waals surface area contributed by atoms with Crippen molar-refractivity contribution < 1.29 is 0 Å². The van der Waals surface area contributed by atoms with Crippen molar-refractivity contribution in [3.63, 3.8) is 0 Å². The van der Waals surface area contributed by atoms with Crippen molar-refractivity contribution in [3.05, 3.63) is 29.8 Å². The zero-order valence-electron chi connectivity index (χ0n) is 9.48. The third-order valence-corrected chi connectivity index (χ3v) is 3.37. The SMILES string of the molecule is CN1CCN(C(=N)c2ccccc2S)CC1. The monoisotopic (exact) mass is 235 g/mol. The first-order chi connectivity index (χ1) is 7.68. The second kappa shape index (κ2) is 4.89. The molecule has 2 rings (SSSR count). The number of hydrogen-bond donors (Lipinski definition) is 2. The van der Waals surface area contributed by atoms with Crippen LogP contribution in [0.1, 0.15) is 5.56 Å². The van der Waals surface area contributed by atoms with Gasteiger partial charge in [-0.1, -0.05) is 18.2 Å². The Kier molecular flexibility index (Phi) is 3.51. The van der Waals surface area contributed by atoms with E-state index in [1.807, 2.05) is 24.3 Å². The number of nitrogens with zero attached hydrogens (tertiary/aromatic N) is 2. The Morgan fingerprint density at radius 3 is 2.44 bits per heavy atom. The minimum absolute atomic E-state index is 0.596. The van der Waals surface area contributed by atoms with Crippen molar-refractivity contribution in [2.24, 2.45) is 0 Å². The van der Waals surface area contributed by atoms with Crippen LogP contribution in [-0.4, -0.2) is 48.9 Å². The fourth-order valence-electron chi connectivity index (χ4n) is 1.87. The van der Waals surface area contributed by atoms with Crippen molar-refractivity contribution >= 4 is 18.5 Å². The highest BCUT2D eigenvalue weighted by Crippen LogP contribution is 2.16. The molecule has 86 valence electrons. The Labute approximate surface area is 102 Å². The molecule has 1 aliphatic rings. The molecule has 0 unspecified atom stereocenters. The third kappa shape index (κ3) is 2.39. The van der Waals surface area contributed by atoms with Crippen LogP contribution in [0.5, 0.6) is 0 Å². The van der Waals surface area contributed by atoms with Crippen LogP contribution in [0.4, 0.5) is 0 Å². The van der Waals surface area contributed by atoms with Crippen LogP contribution in [0.3, 0.4) is 0 Å². The second-order valence-corrected chi connectivity index (χ2v) is 4.64. The summed E-state index contributed by atoms with van der Waals surface area (Å²) >= 11 is 4.40. The molecule has 3 nitrogen and oxygen atoms in total. The van der Waals surface area contributed by atoms with Crippen molar-refractivity contribution in [1.82, 2.24) is 9.80 Å². The number of likely N-dealkylation sites (N-methyl/N-ethyl adjacent to an activating group) is 1. The minimum atomic E-state index is 0.596. The topological polar surface area (TPSA) is 30.3 Å². The van der Waals surface area contributed by atoms with Crippen molar-refractivity contribution in [2.75, 3.05) is 33.2 Å². The number of nitrogens with one attached hydrogen (secondary N) is 1. The molecule has 1 saturated heterocycles. The van der Waals surface area contributed by atoms with Crippen LogP contribution < -0.4 is 0 Å². The molecule has 0 bridgehead atoms. The van der Waals surface area contributed by atoms with Gasteiger partial charge in [0.1, 0.15) is 5.84 Å². The highest BCUT2D eigenvalue weighted by atomic mass is 32.1. The van der Waals surface area contributed by atoms with Gasteiger partial charge in [-0.15, -0.1) is 12.6 Å². The molecule has 0 aromatic heterocycles. The molecule has 16 heavy (non-hydrogen) atoms. The van der Waals surface area contributed by atoms with E-state index >= 15 is 0 Å². The van der Waals surface area contributed by atoms with Gasteiger partial charge < -0.3 is 9.80 Å². The van der Waals surface area contributed by atoms with Crippen LogP contribution in [-0.2, 0) is 0 Å². The third-order valence-electron chi connectivity index (χ3n) is 2.98. The zero-order chi connectivity index (χ0) is 11.5. The van der Waals surface area contributed by atoms with Gasteiger partial charge >= 0.3 is 0 Å². The molecule has 0 atom stereocenters. The maximum absolute atomic E-state index is 8.19. The molecule has 0 radical (unpaired) electrons. The lowest BCUT2D eigenvalue weighted by Crippen LogP contribution is -2.47. The minimum Gasteiger partial charge on any atom is -0.354 e. The predicted molar refractivity (Wildman–Crippen MR) is 69.6 cm³/mol. The second-order valence-electron chi connectivity index (χ2n) is 4.16. The molecular formula is C12H17N3S. The van der Waals surface area contributed by atoms with Crippen LogP contribution in [0.15, 0.2) is 29.2 Å². The maximum atomic E-state index is 8.19. The lowest BCUT2D eigenvalue weighted by atomic mass is 10.1. The van der Waals surface area contributed by atoms with Crippen LogP contribution in [0.2, 0.25) is 0 Å². The van der Waals surface area contributed by atoms with Crippen molar-refractivity contribution in [1.29, 1.82) is 5.41 Å². The van der Waals surface area contributed by atoms with Gasteiger partial charge in [0.25, 0.3) is 0 Å². The first kappa shape index (κ1) is 11.5. The van der Waals surface area contributed by atoms with Gasteiger partial charge in [0.2, 0.25) is 0 Å². The van der Waals surface area contributed by atoms with Gasteiger partial charge in [0.15, 0.2) is 0 Å². The van der Waals surface area contributed by atoms with Crippen LogP contribution in [0.25, 0.3) is 0 Å². The van der Waals surface area contributed by atoms with Gasteiger partial charge in [0.05, 0.1) is 0 Å². The molecule has 0 amide bonds. The van der Waals surface area contributed by atoms with Gasteiger partial charge in [-0.05, 0) is 13.1 Å². The van der Waals surface area contributed by atoms with Gasteiger partial charge in [-0.3, -0.25) is 5.41 Å². The first-order valence-corrected chi connectivity index (χ1v) is 5.93. The van der Waals surface area contributed by atoms with Crippen molar-refractivity contribution in [2.45, 2.75) is 4.90 Å². The molecule has 1 aliphatic heterocycles. The van der Waals surface area contributed by atoms with E-state index in [0.29, 0.717) is 5.84 Å². The van der Waals surface area contributed by atoms with Crippen LogP contribution in [0, 0.1) is 5.41 Å². The fourth-order valence-corrected chi connectivity index (χ4v) is 2.14. The Balaban J connectivity index is 2.11. The quantitative estimate of drug-likeness (QED) is 0.439. The average Bonchev–Trinajstić information content (AvgIpc) is 2.30. The van der Waals surface area contributed by atoms with E-state index in [4.69, 9.17) is 5.41 Å². The molecule has 1 N–H and O–H groups in total. The Morgan fingerprint density at radius 2 is 1.81 bits per heavy atom. The van der Waals surface area contributed by atoms with E-state index in [2.05, 4.69) is 29.5 Å². The summed E-state index contributed by atoms with van der Waals surface area (Å²) in [6.45, 7) is 3.91. The Morgan fingerprint density at radius 1 is 1.19 bits per heavy atom. The van der Waals surface area contributed by atoms with Gasteiger partial charge in [-0.2, -0.15) is 0 Å². The molecule has 0 aliphatic carbocycles. The smallest absolute Gasteiger partial charge is 0.129 e. The normalized spacial score (nSPS) is 17.5. The maximum Gasteiger partial charge on any atom is 0.129 e. The first-order valence-electron chi connectivity index (χ1n) is 5.49. The summed E-state index contributed by atoms with van der Waals surface area (Å²) in [6.07, 6.45) is 0. The number of rotatable bonds is 1. The zero-order valence-corrected chi connectivity index (χ0v) is 10.4. The summed E-state index contributed by atoms with van der Waals surface area (Å²) in [5.41, 5.74) is 0.926. The van der Waals surface area contributed by atoms with E-state index in [1.165, 1.54) is 0 Å². The summed E-state index contributed by atoms with van der Waals surface area (Å²) in [4.78, 5) is 5.29. The van der Waals surface area contributed by atoms with Crippen LogP contribution >= 0.6 is 12.6 Å². The van der Waals surface area contributed by atoms with E-state index in [1.54, 1.807) is 0 Å². The number of benzene rings is 1. The number of piperazine rings is 1. The molecule has 1 heterocycles. The number of thiol groups is 1. The lowest BCUT2D eigenvalue weighted by molar-refractivity contribution is 0.215. The van der Waals surface area contributed by atoms with Gasteiger partial charge in [-0.25, -0.2) is 0 Å². The van der Waals surface area contributed by atoms with Gasteiger partial charge in [0, 0.05) is 36.6 Å². The summed E-state index contributed by atoms with van der Waals surface area (Å²) < 4.78 is 0. The fraction of sp³-hybridized carbons (Fsp3) is 0.417. The van der Waals surface area contributed by atoms with E-state index < -0.39 is 0 Å². The molecular weight excluding hydrogens is 218 g/mol. The summed E-state index contributed by atoms with van der Waals surface area (Å²) in [7, 11) is 2.12. The van der Waals surface area contributed by atoms with E-state index in [-0.39, 0.29) is 0 Å². The lowest BCUT2D eigenvalue weighted by Gasteiger charge is -2.34. The molecule has 0 saturated carbocycles. The standard InChI is InChI=1S/C12H17N3S/c1-14-6-8-15(9-7-14)12(13)10-4-2-3-5-11(10)16/h2-5,13,16H,6-9H2,1H3. The van der Waals surface area contributed by atoms with Crippen molar-refractivity contribution in [3.8, 4) is 0 Å². The summed E-state index contributed by atoms with van der Waals surface area (Å²) in [6, 6.07) is 7.80. The summed E-state index contributed by atoms with van der Waals surface area (Å²) in [5, 5.41) is 8.19. The highest BCUT2D eigenvalue weighted by molar-refractivity contribution is 7.80. The van der Waals surface area contributed by atoms with E-state index in [0.717, 1.165) is 36.6 Å². The molecule has 1 fully saturated rings. The Hall–Kier alpha value is -1.00. The predicted octanol–water partition coefficient (Wildman–Crippen LogP) is 1.55.